The van der Waals surface area contributed by atoms with E-state index in [0.717, 1.165) is 16.8 Å². The van der Waals surface area contributed by atoms with Crippen LogP contribution in [-0.4, -0.2) is 34.7 Å². The van der Waals surface area contributed by atoms with Gasteiger partial charge in [-0.1, -0.05) is 78.9 Å². The molecule has 0 aliphatic rings. The summed E-state index contributed by atoms with van der Waals surface area (Å²) in [5.41, 5.74) is 3.80. The third kappa shape index (κ3) is 3.82. The number of benzene rings is 3. The summed E-state index contributed by atoms with van der Waals surface area (Å²) in [6, 6.07) is 29.3. The van der Waals surface area contributed by atoms with E-state index in [2.05, 4.69) is 0 Å². The van der Waals surface area contributed by atoms with Crippen molar-refractivity contribution in [2.45, 2.75) is 6.54 Å². The molecule has 0 bridgehead atoms. The summed E-state index contributed by atoms with van der Waals surface area (Å²) in [5.74, 6) is 0.279. The SMILES string of the molecule is COc1c(C(=O)N(C)Cc2ccccc2)c(-c2ccccc2)nn1-c1ccccc1. The van der Waals surface area contributed by atoms with Gasteiger partial charge in [-0.25, -0.2) is 0 Å². The van der Waals surface area contributed by atoms with Crippen molar-refractivity contribution in [3.8, 4) is 22.8 Å². The van der Waals surface area contributed by atoms with Gasteiger partial charge < -0.3 is 9.64 Å². The molecule has 0 N–H and O–H groups in total. The molecule has 0 unspecified atom stereocenters. The van der Waals surface area contributed by atoms with E-state index in [-0.39, 0.29) is 5.91 Å². The number of methoxy groups -OCH3 is 1. The average Bonchev–Trinajstić information content (AvgIpc) is 3.20. The molecule has 0 saturated heterocycles. The molecule has 1 aromatic heterocycles. The summed E-state index contributed by atoms with van der Waals surface area (Å²) < 4.78 is 7.39. The van der Waals surface area contributed by atoms with Crippen molar-refractivity contribution >= 4 is 5.91 Å². The maximum Gasteiger partial charge on any atom is 0.261 e. The number of carbonyl (C=O) groups is 1. The van der Waals surface area contributed by atoms with Crippen LogP contribution in [-0.2, 0) is 6.54 Å². The average molecular weight is 397 g/mol. The van der Waals surface area contributed by atoms with Crippen molar-refractivity contribution in [2.75, 3.05) is 14.2 Å². The van der Waals surface area contributed by atoms with Gasteiger partial charge in [-0.05, 0) is 17.7 Å². The van der Waals surface area contributed by atoms with E-state index in [4.69, 9.17) is 9.84 Å². The molecule has 0 radical (unpaired) electrons. The Bertz CT molecular complexity index is 1120. The molecule has 150 valence electrons. The van der Waals surface area contributed by atoms with Gasteiger partial charge >= 0.3 is 0 Å². The molecule has 5 heteroatoms. The highest BCUT2D eigenvalue weighted by Crippen LogP contribution is 2.33. The second kappa shape index (κ2) is 8.66. The lowest BCUT2D eigenvalue weighted by Crippen LogP contribution is -2.26. The minimum atomic E-state index is -0.142. The van der Waals surface area contributed by atoms with Crippen LogP contribution in [0.15, 0.2) is 91.0 Å². The Morgan fingerprint density at radius 3 is 2.07 bits per heavy atom. The molecule has 0 atom stereocenters. The zero-order chi connectivity index (χ0) is 20.9. The lowest BCUT2D eigenvalue weighted by Gasteiger charge is -2.18. The van der Waals surface area contributed by atoms with Gasteiger partial charge in [-0.2, -0.15) is 9.78 Å². The molecule has 0 fully saturated rings. The first-order valence-electron chi connectivity index (χ1n) is 9.76. The topological polar surface area (TPSA) is 47.4 Å². The van der Waals surface area contributed by atoms with Gasteiger partial charge in [0.05, 0.1) is 12.8 Å². The van der Waals surface area contributed by atoms with E-state index in [0.29, 0.717) is 23.7 Å². The van der Waals surface area contributed by atoms with Gasteiger partial charge in [0, 0.05) is 19.2 Å². The van der Waals surface area contributed by atoms with Crippen LogP contribution in [0.25, 0.3) is 16.9 Å². The van der Waals surface area contributed by atoms with Crippen molar-refractivity contribution in [2.24, 2.45) is 0 Å². The maximum atomic E-state index is 13.6. The van der Waals surface area contributed by atoms with Crippen LogP contribution in [0.2, 0.25) is 0 Å². The quantitative estimate of drug-likeness (QED) is 0.469. The predicted molar refractivity (Wildman–Crippen MR) is 118 cm³/mol. The monoisotopic (exact) mass is 397 g/mol. The summed E-state index contributed by atoms with van der Waals surface area (Å²) in [7, 11) is 3.36. The van der Waals surface area contributed by atoms with Gasteiger partial charge in [-0.3, -0.25) is 4.79 Å². The van der Waals surface area contributed by atoms with Crippen LogP contribution in [0.1, 0.15) is 15.9 Å². The predicted octanol–water partition coefficient (Wildman–Crippen LogP) is 4.82. The van der Waals surface area contributed by atoms with Crippen molar-refractivity contribution < 1.29 is 9.53 Å². The van der Waals surface area contributed by atoms with Crippen molar-refractivity contribution in [1.82, 2.24) is 14.7 Å². The molecule has 4 aromatic rings. The van der Waals surface area contributed by atoms with Crippen LogP contribution in [0.3, 0.4) is 0 Å². The lowest BCUT2D eigenvalue weighted by atomic mass is 10.1. The van der Waals surface area contributed by atoms with Crippen LogP contribution in [0.4, 0.5) is 0 Å². The highest BCUT2D eigenvalue weighted by molar-refractivity contribution is 6.02. The first kappa shape index (κ1) is 19.5. The van der Waals surface area contributed by atoms with Gasteiger partial charge in [0.25, 0.3) is 5.91 Å². The number of hydrogen-bond acceptors (Lipinski definition) is 3. The molecule has 4 rings (SSSR count). The molecule has 0 aliphatic heterocycles. The Hall–Kier alpha value is -3.86. The van der Waals surface area contributed by atoms with E-state index in [1.54, 1.807) is 23.7 Å². The molecule has 1 amide bonds. The van der Waals surface area contributed by atoms with Crippen molar-refractivity contribution in [3.05, 3.63) is 102 Å². The van der Waals surface area contributed by atoms with Gasteiger partial charge in [0.2, 0.25) is 5.88 Å². The van der Waals surface area contributed by atoms with E-state index < -0.39 is 0 Å². The minimum Gasteiger partial charge on any atom is -0.480 e. The number of nitrogens with zero attached hydrogens (tertiary/aromatic N) is 3. The molecule has 30 heavy (non-hydrogen) atoms. The largest absolute Gasteiger partial charge is 0.480 e. The van der Waals surface area contributed by atoms with Crippen molar-refractivity contribution in [3.63, 3.8) is 0 Å². The van der Waals surface area contributed by atoms with Crippen molar-refractivity contribution in [1.29, 1.82) is 0 Å². The highest BCUT2D eigenvalue weighted by atomic mass is 16.5. The number of ether oxygens (including phenoxy) is 1. The molecule has 0 aliphatic carbocycles. The summed E-state index contributed by atoms with van der Waals surface area (Å²) in [6.45, 7) is 0.494. The van der Waals surface area contributed by atoms with Gasteiger partial charge in [0.15, 0.2) is 0 Å². The summed E-state index contributed by atoms with van der Waals surface area (Å²) in [6.07, 6.45) is 0. The minimum absolute atomic E-state index is 0.142. The summed E-state index contributed by atoms with van der Waals surface area (Å²) >= 11 is 0. The Balaban J connectivity index is 1.82. The molecule has 1 heterocycles. The Labute approximate surface area is 176 Å². The Morgan fingerprint density at radius 2 is 1.47 bits per heavy atom. The van der Waals surface area contributed by atoms with Crippen LogP contribution < -0.4 is 4.74 Å². The molecular weight excluding hydrogens is 374 g/mol. The van der Waals surface area contributed by atoms with Crippen LogP contribution in [0.5, 0.6) is 5.88 Å². The summed E-state index contributed by atoms with van der Waals surface area (Å²) in [5, 5.41) is 4.78. The lowest BCUT2D eigenvalue weighted by molar-refractivity contribution is 0.0782. The van der Waals surface area contributed by atoms with E-state index in [1.165, 1.54) is 0 Å². The number of hydrogen-bond donors (Lipinski definition) is 0. The smallest absolute Gasteiger partial charge is 0.261 e. The Morgan fingerprint density at radius 1 is 0.900 bits per heavy atom. The van der Waals surface area contributed by atoms with E-state index in [1.807, 2.05) is 91.0 Å². The van der Waals surface area contributed by atoms with Gasteiger partial charge in [-0.15, -0.1) is 0 Å². The second-order valence-corrected chi connectivity index (χ2v) is 6.99. The third-order valence-corrected chi connectivity index (χ3v) is 4.91. The van der Waals surface area contributed by atoms with Crippen LogP contribution >= 0.6 is 0 Å². The number of rotatable bonds is 6. The first-order valence-corrected chi connectivity index (χ1v) is 9.76. The molecular formula is C25H23N3O2. The fraction of sp³-hybridized carbons (Fsp3) is 0.120. The first-order chi connectivity index (χ1) is 14.7. The molecule has 3 aromatic carbocycles. The number of amides is 1. The molecule has 0 spiro atoms. The third-order valence-electron chi connectivity index (χ3n) is 4.91. The standard InChI is InChI=1S/C25H23N3O2/c1-27(18-19-12-6-3-7-13-19)24(29)22-23(20-14-8-4-9-15-20)26-28(25(22)30-2)21-16-10-5-11-17-21/h3-17H,18H2,1-2H3. The molecule has 0 saturated carbocycles. The van der Waals surface area contributed by atoms with Gasteiger partial charge in [0.1, 0.15) is 11.3 Å². The van der Waals surface area contributed by atoms with E-state index in [9.17, 15) is 4.79 Å². The number of para-hydroxylation sites is 1. The van der Waals surface area contributed by atoms with Crippen LogP contribution in [0, 0.1) is 0 Å². The van der Waals surface area contributed by atoms with E-state index >= 15 is 0 Å². The fourth-order valence-corrected chi connectivity index (χ4v) is 3.45. The Kier molecular flexibility index (Phi) is 5.61. The zero-order valence-corrected chi connectivity index (χ0v) is 17.0. The normalized spacial score (nSPS) is 10.6. The zero-order valence-electron chi connectivity index (χ0n) is 17.0. The second-order valence-electron chi connectivity index (χ2n) is 6.99. The highest BCUT2D eigenvalue weighted by Gasteiger charge is 2.28. The number of aromatic nitrogens is 2. The summed E-state index contributed by atoms with van der Waals surface area (Å²) in [4.78, 5) is 15.3. The fourth-order valence-electron chi connectivity index (χ4n) is 3.45. The molecule has 5 nitrogen and oxygen atoms in total. The maximum absolute atomic E-state index is 13.6. The number of carbonyl (C=O) groups excluding carboxylic acids is 1.